The number of pyridine rings is 1. The van der Waals surface area contributed by atoms with Gasteiger partial charge in [0.2, 0.25) is 5.88 Å². The highest BCUT2D eigenvalue weighted by Gasteiger charge is 2.31. The minimum absolute atomic E-state index is 0.0152. The molecule has 1 aliphatic rings. The summed E-state index contributed by atoms with van der Waals surface area (Å²) in [5.41, 5.74) is 2.98. The van der Waals surface area contributed by atoms with E-state index in [9.17, 15) is 27.5 Å². The number of imidazole rings is 1. The molecule has 6 rings (SSSR count). The fraction of sp³-hybridized carbons (Fsp3) is 0.219. The first-order valence-corrected chi connectivity index (χ1v) is 13.5. The fourth-order valence-electron chi connectivity index (χ4n) is 4.90. The Morgan fingerprint density at radius 1 is 1.02 bits per heavy atom. The molecule has 3 aromatic carbocycles. The van der Waals surface area contributed by atoms with Crippen LogP contribution in [0.1, 0.15) is 39.3 Å². The largest absolute Gasteiger partial charge is 0.478 e. The normalized spacial score (nSPS) is 14.9. The number of alkyl halides is 3. The molecular weight excluding hydrogens is 566 g/mol. The van der Waals surface area contributed by atoms with Gasteiger partial charge in [0, 0.05) is 30.2 Å². The van der Waals surface area contributed by atoms with Crippen molar-refractivity contribution in [3.8, 4) is 17.1 Å². The van der Waals surface area contributed by atoms with Gasteiger partial charge in [-0.05, 0) is 48.4 Å². The quantitative estimate of drug-likeness (QED) is 0.188. The molecule has 43 heavy (non-hydrogen) atoms. The van der Waals surface area contributed by atoms with Crippen molar-refractivity contribution in [1.29, 1.82) is 0 Å². The molecule has 1 fully saturated rings. The average Bonchev–Trinajstić information content (AvgIpc) is 3.30. The number of hydrogen-bond acceptors (Lipinski definition) is 5. The van der Waals surface area contributed by atoms with Gasteiger partial charge in [0.15, 0.2) is 0 Å². The van der Waals surface area contributed by atoms with E-state index in [1.807, 2.05) is 28.8 Å². The Balaban J connectivity index is 1.18. The Kier molecular flexibility index (Phi) is 7.57. The molecular formula is C32H25F4N3O4. The summed E-state index contributed by atoms with van der Waals surface area (Å²) in [5.74, 6) is -1.00. The van der Waals surface area contributed by atoms with Gasteiger partial charge in [-0.1, -0.05) is 36.4 Å². The maximum atomic E-state index is 14.2. The monoisotopic (exact) mass is 591 g/mol. The topological polar surface area (TPSA) is 86.5 Å². The van der Waals surface area contributed by atoms with Crippen molar-refractivity contribution in [2.45, 2.75) is 38.3 Å². The summed E-state index contributed by atoms with van der Waals surface area (Å²) in [7, 11) is 0. The van der Waals surface area contributed by atoms with E-state index < -0.39 is 23.5 Å². The second-order valence-electron chi connectivity index (χ2n) is 10.3. The zero-order valence-electron chi connectivity index (χ0n) is 22.6. The van der Waals surface area contributed by atoms with E-state index in [2.05, 4.69) is 4.98 Å². The summed E-state index contributed by atoms with van der Waals surface area (Å²) >= 11 is 0. The van der Waals surface area contributed by atoms with E-state index in [-0.39, 0.29) is 29.7 Å². The maximum Gasteiger partial charge on any atom is 0.416 e. The molecule has 1 N–H and O–H groups in total. The lowest BCUT2D eigenvalue weighted by atomic mass is 10.1. The van der Waals surface area contributed by atoms with Crippen molar-refractivity contribution in [3.05, 3.63) is 113 Å². The summed E-state index contributed by atoms with van der Waals surface area (Å²) in [6.45, 7) is 1.01. The predicted molar refractivity (Wildman–Crippen MR) is 149 cm³/mol. The van der Waals surface area contributed by atoms with Crippen LogP contribution < -0.4 is 4.74 Å². The number of rotatable bonds is 9. The molecule has 0 spiro atoms. The highest BCUT2D eigenvalue weighted by molar-refractivity contribution is 5.92. The molecule has 0 aliphatic carbocycles. The molecule has 11 heteroatoms. The minimum Gasteiger partial charge on any atom is -0.478 e. The molecule has 0 saturated carbocycles. The molecule has 1 saturated heterocycles. The number of ether oxygens (including phenoxy) is 2. The lowest BCUT2D eigenvalue weighted by Crippen LogP contribution is -2.31. The summed E-state index contributed by atoms with van der Waals surface area (Å²) in [6, 6.07) is 20.1. The molecule has 220 valence electrons. The number of carboxylic acids is 1. The standard InChI is InChI=1S/C32H25F4N3O4/c33-25-16-23(32(34,35)36)10-8-22(25)18-43-30-3-1-2-26(38-30)20-6-4-19(5-7-20)14-29-37-27-11-9-21(31(40)41)15-28(27)39(29)17-24-12-13-42-24/h1-11,15-16,24H,12-14,17-18H2,(H,40,41). The number of benzene rings is 3. The molecule has 5 aromatic rings. The summed E-state index contributed by atoms with van der Waals surface area (Å²) in [4.78, 5) is 20.8. The van der Waals surface area contributed by atoms with Crippen LogP contribution in [0, 0.1) is 5.82 Å². The van der Waals surface area contributed by atoms with Crippen LogP contribution in [-0.2, 0) is 30.5 Å². The first-order chi connectivity index (χ1) is 20.6. The SMILES string of the molecule is O=C(O)c1ccc2nc(Cc3ccc(-c4cccc(OCc5ccc(C(F)(F)F)cc5F)n4)cc3)n(CC3CCO3)c2c1. The second kappa shape index (κ2) is 11.5. The van der Waals surface area contributed by atoms with Crippen molar-refractivity contribution >= 4 is 17.0 Å². The Hall–Kier alpha value is -4.77. The van der Waals surface area contributed by atoms with Gasteiger partial charge >= 0.3 is 12.1 Å². The fourth-order valence-corrected chi connectivity index (χ4v) is 4.90. The van der Waals surface area contributed by atoms with Crippen molar-refractivity contribution in [3.63, 3.8) is 0 Å². The first-order valence-electron chi connectivity index (χ1n) is 13.5. The van der Waals surface area contributed by atoms with Gasteiger partial charge in [-0.15, -0.1) is 0 Å². The van der Waals surface area contributed by atoms with Gasteiger partial charge in [0.05, 0.1) is 40.5 Å². The molecule has 0 amide bonds. The van der Waals surface area contributed by atoms with Crippen molar-refractivity contribution in [2.75, 3.05) is 6.61 Å². The smallest absolute Gasteiger partial charge is 0.416 e. The number of halogens is 4. The number of aromatic carboxylic acids is 1. The molecule has 7 nitrogen and oxygen atoms in total. The highest BCUT2D eigenvalue weighted by atomic mass is 19.4. The van der Waals surface area contributed by atoms with Crippen LogP contribution in [0.25, 0.3) is 22.3 Å². The number of carbonyl (C=O) groups is 1. The Morgan fingerprint density at radius 3 is 2.49 bits per heavy atom. The minimum atomic E-state index is -4.63. The van der Waals surface area contributed by atoms with Crippen LogP contribution in [0.2, 0.25) is 0 Å². The summed E-state index contributed by atoms with van der Waals surface area (Å²) in [6.07, 6.45) is -3.12. The zero-order chi connectivity index (χ0) is 30.1. The number of fused-ring (bicyclic) bond motifs is 1. The Labute approximate surface area is 243 Å². The first kappa shape index (κ1) is 28.4. The van der Waals surface area contributed by atoms with E-state index in [0.29, 0.717) is 36.8 Å². The van der Waals surface area contributed by atoms with Crippen LogP contribution in [0.5, 0.6) is 5.88 Å². The molecule has 2 aromatic heterocycles. The van der Waals surface area contributed by atoms with Crippen LogP contribution in [0.15, 0.2) is 78.9 Å². The van der Waals surface area contributed by atoms with Gasteiger partial charge in [-0.25, -0.2) is 19.2 Å². The van der Waals surface area contributed by atoms with Crippen molar-refractivity contribution in [2.24, 2.45) is 0 Å². The van der Waals surface area contributed by atoms with E-state index in [0.717, 1.165) is 41.0 Å². The molecule has 0 bridgehead atoms. The molecule has 3 heterocycles. The van der Waals surface area contributed by atoms with Crippen LogP contribution in [0.3, 0.4) is 0 Å². The number of carboxylic acid groups (broad SMARTS) is 1. The average molecular weight is 592 g/mol. The van der Waals surface area contributed by atoms with Gasteiger partial charge in [0.25, 0.3) is 0 Å². The Bertz CT molecular complexity index is 1800. The molecule has 1 atom stereocenters. The van der Waals surface area contributed by atoms with E-state index >= 15 is 0 Å². The second-order valence-corrected chi connectivity index (χ2v) is 10.3. The van der Waals surface area contributed by atoms with Crippen molar-refractivity contribution < 1.29 is 36.9 Å². The summed E-state index contributed by atoms with van der Waals surface area (Å²) in [5, 5.41) is 9.46. The lowest BCUT2D eigenvalue weighted by Gasteiger charge is -2.27. The van der Waals surface area contributed by atoms with Crippen LogP contribution >= 0.6 is 0 Å². The van der Waals surface area contributed by atoms with E-state index in [1.165, 1.54) is 0 Å². The van der Waals surface area contributed by atoms with E-state index in [4.69, 9.17) is 14.5 Å². The molecule has 1 unspecified atom stereocenters. The third-order valence-electron chi connectivity index (χ3n) is 7.35. The van der Waals surface area contributed by atoms with Gasteiger partial charge in [0.1, 0.15) is 18.2 Å². The zero-order valence-corrected chi connectivity index (χ0v) is 22.6. The summed E-state index contributed by atoms with van der Waals surface area (Å²) < 4.78 is 65.9. The van der Waals surface area contributed by atoms with E-state index in [1.54, 1.807) is 36.4 Å². The number of hydrogen-bond donors (Lipinski definition) is 1. The maximum absolute atomic E-state index is 14.2. The number of aromatic nitrogens is 3. The van der Waals surface area contributed by atoms with Gasteiger partial charge in [-0.3, -0.25) is 0 Å². The highest BCUT2D eigenvalue weighted by Crippen LogP contribution is 2.31. The molecule has 0 radical (unpaired) electrons. The third kappa shape index (κ3) is 6.21. The third-order valence-corrected chi connectivity index (χ3v) is 7.35. The molecule has 1 aliphatic heterocycles. The lowest BCUT2D eigenvalue weighted by molar-refractivity contribution is -0.137. The van der Waals surface area contributed by atoms with Crippen LogP contribution in [-0.4, -0.2) is 38.3 Å². The number of nitrogens with zero attached hydrogens (tertiary/aromatic N) is 3. The van der Waals surface area contributed by atoms with Crippen LogP contribution in [0.4, 0.5) is 17.6 Å². The van der Waals surface area contributed by atoms with Gasteiger partial charge in [-0.2, -0.15) is 13.2 Å². The Morgan fingerprint density at radius 2 is 1.81 bits per heavy atom. The van der Waals surface area contributed by atoms with Gasteiger partial charge < -0.3 is 19.1 Å². The predicted octanol–water partition coefficient (Wildman–Crippen LogP) is 6.91. The van der Waals surface area contributed by atoms with Crippen molar-refractivity contribution in [1.82, 2.24) is 14.5 Å².